The van der Waals surface area contributed by atoms with Crippen LogP contribution in [0, 0.1) is 0 Å². The van der Waals surface area contributed by atoms with Crippen molar-refractivity contribution in [1.82, 2.24) is 0 Å². The lowest BCUT2D eigenvalue weighted by Crippen LogP contribution is -2.65. The third-order valence-corrected chi connectivity index (χ3v) is 4.47. The summed E-state index contributed by atoms with van der Waals surface area (Å²) in [5.41, 5.74) is 0. The van der Waals surface area contributed by atoms with Crippen molar-refractivity contribution >= 4 is 0 Å². The summed E-state index contributed by atoms with van der Waals surface area (Å²) in [5.74, 6) is 0. The molecule has 11 nitrogen and oxygen atoms in total. The first-order valence-electron chi connectivity index (χ1n) is 7.85. The van der Waals surface area contributed by atoms with Gasteiger partial charge in [-0.1, -0.05) is 0 Å². The molecule has 10 unspecified atom stereocenters. The zero-order chi connectivity index (χ0) is 18.7. The van der Waals surface area contributed by atoms with Gasteiger partial charge in [0, 0.05) is 14.2 Å². The van der Waals surface area contributed by atoms with Gasteiger partial charge in [-0.3, -0.25) is 0 Å². The lowest BCUT2D eigenvalue weighted by atomic mass is 9.97. The zero-order valence-electron chi connectivity index (χ0n) is 13.9. The Morgan fingerprint density at radius 1 is 0.720 bits per heavy atom. The van der Waals surface area contributed by atoms with Gasteiger partial charge in [0.05, 0.1) is 13.2 Å². The van der Waals surface area contributed by atoms with E-state index in [1.165, 1.54) is 14.2 Å². The van der Waals surface area contributed by atoms with Crippen LogP contribution >= 0.6 is 0 Å². The fourth-order valence-electron chi connectivity index (χ4n) is 3.09. The summed E-state index contributed by atoms with van der Waals surface area (Å²) >= 11 is 0. The van der Waals surface area contributed by atoms with Crippen LogP contribution in [0.25, 0.3) is 0 Å². The minimum absolute atomic E-state index is 0.548. The fraction of sp³-hybridized carbons (Fsp3) is 1.00. The van der Waals surface area contributed by atoms with Crippen LogP contribution in [0.5, 0.6) is 0 Å². The van der Waals surface area contributed by atoms with E-state index in [2.05, 4.69) is 0 Å². The number of rotatable bonds is 6. The zero-order valence-corrected chi connectivity index (χ0v) is 13.9. The summed E-state index contributed by atoms with van der Waals surface area (Å²) in [5, 5.41) is 58.7. The van der Waals surface area contributed by atoms with Crippen LogP contribution in [0.1, 0.15) is 0 Å². The molecule has 25 heavy (non-hydrogen) atoms. The second-order valence-corrected chi connectivity index (χ2v) is 5.95. The highest BCUT2D eigenvalue weighted by Gasteiger charge is 2.51. The number of ether oxygens (including phenoxy) is 5. The summed E-state index contributed by atoms with van der Waals surface area (Å²) in [4.78, 5) is 0. The van der Waals surface area contributed by atoms with Crippen molar-refractivity contribution in [2.75, 3.05) is 27.4 Å². The van der Waals surface area contributed by atoms with Gasteiger partial charge in [-0.15, -0.1) is 0 Å². The summed E-state index contributed by atoms with van der Waals surface area (Å²) in [6.07, 6.45) is -12.6. The summed E-state index contributed by atoms with van der Waals surface area (Å²) in [6.45, 7) is -1.11. The van der Waals surface area contributed by atoms with E-state index in [4.69, 9.17) is 23.7 Å². The van der Waals surface area contributed by atoms with Crippen molar-refractivity contribution in [3.8, 4) is 0 Å². The van der Waals surface area contributed by atoms with Gasteiger partial charge >= 0.3 is 0 Å². The minimum Gasteiger partial charge on any atom is -0.394 e. The Bertz CT molecular complexity index is 410. The molecule has 148 valence electrons. The predicted molar refractivity (Wildman–Crippen MR) is 78.2 cm³/mol. The van der Waals surface area contributed by atoms with Crippen LogP contribution in [0.3, 0.4) is 0 Å². The van der Waals surface area contributed by atoms with Gasteiger partial charge in [0.25, 0.3) is 0 Å². The smallest absolute Gasteiger partial charge is 0.187 e. The Hall–Kier alpha value is -0.440. The quantitative estimate of drug-likeness (QED) is 0.269. The number of methoxy groups -OCH3 is 2. The molecule has 0 bridgehead atoms. The molecule has 11 heteroatoms. The molecule has 0 aromatic carbocycles. The number of hydrogen-bond donors (Lipinski definition) is 6. The van der Waals surface area contributed by atoms with E-state index in [0.717, 1.165) is 0 Å². The van der Waals surface area contributed by atoms with Gasteiger partial charge < -0.3 is 54.3 Å². The number of aliphatic hydroxyl groups excluding tert-OH is 6. The topological polar surface area (TPSA) is 168 Å². The molecule has 2 heterocycles. The van der Waals surface area contributed by atoms with Gasteiger partial charge in [0.1, 0.15) is 48.8 Å². The van der Waals surface area contributed by atoms with Crippen molar-refractivity contribution in [2.24, 2.45) is 0 Å². The van der Waals surface area contributed by atoms with E-state index in [0.29, 0.717) is 0 Å². The second-order valence-electron chi connectivity index (χ2n) is 5.95. The molecule has 0 spiro atoms. The average molecular weight is 370 g/mol. The number of aliphatic hydroxyl groups is 6. The van der Waals surface area contributed by atoms with Crippen LogP contribution in [-0.2, 0) is 23.7 Å². The van der Waals surface area contributed by atoms with E-state index in [1.54, 1.807) is 0 Å². The van der Waals surface area contributed by atoms with Crippen molar-refractivity contribution in [1.29, 1.82) is 0 Å². The maximum Gasteiger partial charge on any atom is 0.187 e. The van der Waals surface area contributed by atoms with Crippen molar-refractivity contribution < 1.29 is 54.3 Å². The first-order chi connectivity index (χ1) is 11.9. The van der Waals surface area contributed by atoms with Gasteiger partial charge in [-0.05, 0) is 0 Å². The second kappa shape index (κ2) is 8.97. The molecule has 0 saturated carbocycles. The van der Waals surface area contributed by atoms with Crippen molar-refractivity contribution in [3.05, 3.63) is 0 Å². The van der Waals surface area contributed by atoms with E-state index in [9.17, 15) is 30.6 Å². The van der Waals surface area contributed by atoms with Crippen LogP contribution in [-0.4, -0.2) is 119 Å². The Kier molecular flexibility index (Phi) is 7.49. The third kappa shape index (κ3) is 4.12. The predicted octanol–water partition coefficient (Wildman–Crippen LogP) is -4.09. The van der Waals surface area contributed by atoms with Gasteiger partial charge in [-0.25, -0.2) is 0 Å². The lowest BCUT2D eigenvalue weighted by Gasteiger charge is -2.46. The monoisotopic (exact) mass is 370 g/mol. The van der Waals surface area contributed by atoms with Crippen molar-refractivity contribution in [3.63, 3.8) is 0 Å². The Morgan fingerprint density at radius 3 is 1.84 bits per heavy atom. The minimum atomic E-state index is -1.59. The molecule has 0 amide bonds. The molecule has 2 rings (SSSR count). The largest absolute Gasteiger partial charge is 0.394 e. The lowest BCUT2D eigenvalue weighted by molar-refractivity contribution is -0.358. The van der Waals surface area contributed by atoms with E-state index in [-0.39, 0.29) is 0 Å². The molecule has 0 aliphatic carbocycles. The molecular weight excluding hydrogens is 344 g/mol. The Balaban J connectivity index is 2.18. The average Bonchev–Trinajstić information content (AvgIpc) is 2.60. The van der Waals surface area contributed by atoms with E-state index < -0.39 is 74.6 Å². The van der Waals surface area contributed by atoms with Crippen LogP contribution in [0.15, 0.2) is 0 Å². The molecule has 2 saturated heterocycles. The first-order valence-corrected chi connectivity index (χ1v) is 7.85. The highest BCUT2D eigenvalue weighted by atomic mass is 16.7. The normalized spacial score (nSPS) is 48.5. The molecule has 0 aromatic rings. The summed E-state index contributed by atoms with van der Waals surface area (Å²) in [7, 11) is 2.54. The van der Waals surface area contributed by atoms with Gasteiger partial charge in [-0.2, -0.15) is 0 Å². The SMILES string of the molecule is COC1C(O)C(CO)OC(OC2C(CO)OC(O)C(O)C2OC)C1O. The molecule has 6 N–H and O–H groups in total. The summed E-state index contributed by atoms with van der Waals surface area (Å²) in [6, 6.07) is 0. The fourth-order valence-corrected chi connectivity index (χ4v) is 3.09. The number of hydrogen-bond acceptors (Lipinski definition) is 11. The van der Waals surface area contributed by atoms with Crippen LogP contribution < -0.4 is 0 Å². The molecule has 2 aliphatic rings. The van der Waals surface area contributed by atoms with E-state index in [1.807, 2.05) is 0 Å². The molecular formula is C14H26O11. The molecule has 0 aromatic heterocycles. The standard InChI is InChI=1S/C14H26O11/c1-21-11-7(17)5(3-15)24-14(9(11)19)25-10-6(4-16)23-13(20)8(18)12(10)22-2/h5-20H,3-4H2,1-2H3. The van der Waals surface area contributed by atoms with Crippen LogP contribution in [0.4, 0.5) is 0 Å². The molecule has 0 radical (unpaired) electrons. The van der Waals surface area contributed by atoms with Crippen molar-refractivity contribution in [2.45, 2.75) is 61.4 Å². The highest BCUT2D eigenvalue weighted by molar-refractivity contribution is 4.94. The molecule has 10 atom stereocenters. The maximum atomic E-state index is 10.3. The maximum absolute atomic E-state index is 10.3. The van der Waals surface area contributed by atoms with Gasteiger partial charge in [0.15, 0.2) is 12.6 Å². The summed E-state index contributed by atoms with van der Waals surface area (Å²) < 4.78 is 26.2. The van der Waals surface area contributed by atoms with Crippen LogP contribution in [0.2, 0.25) is 0 Å². The van der Waals surface area contributed by atoms with E-state index >= 15 is 0 Å². The molecule has 2 aliphatic heterocycles. The molecule has 2 fully saturated rings. The Morgan fingerprint density at radius 2 is 1.32 bits per heavy atom. The first kappa shape index (κ1) is 20.9. The van der Waals surface area contributed by atoms with Gasteiger partial charge in [0.2, 0.25) is 0 Å². The highest BCUT2D eigenvalue weighted by Crippen LogP contribution is 2.30. The Labute approximate surface area is 144 Å². The third-order valence-electron chi connectivity index (χ3n) is 4.47.